The summed E-state index contributed by atoms with van der Waals surface area (Å²) in [6, 6.07) is 45.9. The smallest absolute Gasteiger partial charge is 0.330 e. The normalized spacial score (nSPS) is 17.7. The van der Waals surface area contributed by atoms with Crippen molar-refractivity contribution in [3.8, 4) is 0 Å². The maximum absolute atomic E-state index is 11.5. The molecule has 3 atom stereocenters. The van der Waals surface area contributed by atoms with Gasteiger partial charge in [0.1, 0.15) is 0 Å². The zero-order chi connectivity index (χ0) is 35.5. The summed E-state index contributed by atoms with van der Waals surface area (Å²) in [6.45, 7) is 5.27. The van der Waals surface area contributed by atoms with Gasteiger partial charge < -0.3 is 19.1 Å². The number of hydrogen-bond acceptors (Lipinski definition) is 7. The molecule has 2 aliphatic rings. The minimum absolute atomic E-state index is 0.309. The second-order valence-corrected chi connectivity index (χ2v) is 13.3. The van der Waals surface area contributed by atoms with Crippen molar-refractivity contribution in [2.24, 2.45) is 11.0 Å². The van der Waals surface area contributed by atoms with Gasteiger partial charge in [-0.15, -0.1) is 0 Å². The molecule has 0 aromatic heterocycles. The molecule has 0 bridgehead atoms. The van der Waals surface area contributed by atoms with E-state index in [2.05, 4.69) is 109 Å². The second-order valence-electron chi connectivity index (χ2n) is 13.3. The Balaban J connectivity index is 1.07. The largest absolute Gasteiger partial charge is 0.462 e. The highest BCUT2D eigenvalue weighted by Gasteiger charge is 2.46. The summed E-state index contributed by atoms with van der Waals surface area (Å²) in [5.41, 5.74) is 8.38. The number of carbonyl (C=O) groups is 1. The lowest BCUT2D eigenvalue weighted by Gasteiger charge is -2.26. The number of epoxide rings is 1. The Hall–Kier alpha value is -5.50. The third-order valence-electron chi connectivity index (χ3n) is 9.68. The molecule has 0 radical (unpaired) electrons. The SMILES string of the molecule is C=CC(=O)OCCc1ccc(N(c2ccc(C=NN(c3ccccc3)c3ccccc3)cc2)c2ccc(CCOCC3CCC[C@@H]4OC34)cc2)cc1. The average molecular weight is 692 g/mol. The van der Waals surface area contributed by atoms with Crippen molar-refractivity contribution in [3.05, 3.63) is 163 Å². The molecule has 0 spiro atoms. The van der Waals surface area contributed by atoms with Gasteiger partial charge in [0.15, 0.2) is 0 Å². The Bertz CT molecular complexity index is 1870. The summed E-state index contributed by atoms with van der Waals surface area (Å²) in [7, 11) is 0. The Kier molecular flexibility index (Phi) is 11.5. The van der Waals surface area contributed by atoms with E-state index in [1.54, 1.807) is 0 Å². The lowest BCUT2D eigenvalue weighted by Crippen LogP contribution is -2.22. The maximum Gasteiger partial charge on any atom is 0.330 e. The number of anilines is 5. The van der Waals surface area contributed by atoms with Crippen LogP contribution in [0.1, 0.15) is 36.0 Å². The number of para-hydroxylation sites is 2. The first-order valence-corrected chi connectivity index (χ1v) is 18.2. The third-order valence-corrected chi connectivity index (χ3v) is 9.68. The Morgan fingerprint density at radius 2 is 1.27 bits per heavy atom. The van der Waals surface area contributed by atoms with Crippen LogP contribution in [-0.2, 0) is 31.8 Å². The van der Waals surface area contributed by atoms with Gasteiger partial charge >= 0.3 is 5.97 Å². The van der Waals surface area contributed by atoms with Gasteiger partial charge in [-0.1, -0.05) is 85.8 Å². The van der Waals surface area contributed by atoms with Gasteiger partial charge in [-0.3, -0.25) is 0 Å². The van der Waals surface area contributed by atoms with Gasteiger partial charge in [-0.25, -0.2) is 9.80 Å². The molecule has 264 valence electrons. The van der Waals surface area contributed by atoms with E-state index in [-0.39, 0.29) is 0 Å². The van der Waals surface area contributed by atoms with Crippen molar-refractivity contribution in [3.63, 3.8) is 0 Å². The van der Waals surface area contributed by atoms with E-state index in [9.17, 15) is 4.79 Å². The standard InChI is InChI=1S/C45H45N3O4/c1-2-44(49)51-31-29-35-18-24-39(25-19-35)47(38-22-16-34(17-23-38)28-30-50-33-37-10-9-15-43-45(37)52-43)40-26-20-36(21-27-40)32-46-48(41-11-5-3-6-12-41)42-13-7-4-8-14-42/h2-8,11-14,16-27,32,37,43,45H,1,9-10,15,28-31,33H2/t37?,43-,45?/m0/s1. The summed E-state index contributed by atoms with van der Waals surface area (Å²) in [6.07, 6.45) is 9.17. The third kappa shape index (κ3) is 9.04. The fourth-order valence-corrected chi connectivity index (χ4v) is 6.81. The molecule has 1 aliphatic carbocycles. The van der Waals surface area contributed by atoms with Crippen molar-refractivity contribution in [2.75, 3.05) is 29.7 Å². The Labute approximate surface area is 306 Å². The van der Waals surface area contributed by atoms with E-state index >= 15 is 0 Å². The van der Waals surface area contributed by atoms with E-state index in [4.69, 9.17) is 19.3 Å². The fourth-order valence-electron chi connectivity index (χ4n) is 6.81. The minimum atomic E-state index is -0.408. The molecule has 7 rings (SSSR count). The molecule has 1 heterocycles. The quantitative estimate of drug-likeness (QED) is 0.0256. The van der Waals surface area contributed by atoms with Crippen LogP contribution in [0, 0.1) is 5.92 Å². The van der Waals surface area contributed by atoms with Crippen LogP contribution >= 0.6 is 0 Å². The first-order chi connectivity index (χ1) is 25.6. The molecule has 52 heavy (non-hydrogen) atoms. The summed E-state index contributed by atoms with van der Waals surface area (Å²) in [4.78, 5) is 13.7. The van der Waals surface area contributed by atoms with Gasteiger partial charge in [0.2, 0.25) is 0 Å². The maximum atomic E-state index is 11.5. The number of benzene rings is 5. The summed E-state index contributed by atoms with van der Waals surface area (Å²) in [5, 5.41) is 6.83. The van der Waals surface area contributed by atoms with Crippen molar-refractivity contribution >= 4 is 40.6 Å². The number of hydrogen-bond donors (Lipinski definition) is 0. The van der Waals surface area contributed by atoms with Gasteiger partial charge in [0, 0.05) is 35.5 Å². The molecule has 7 heteroatoms. The number of hydrazone groups is 1. The van der Waals surface area contributed by atoms with Gasteiger partial charge in [-0.05, 0) is 96.6 Å². The predicted octanol–water partition coefficient (Wildman–Crippen LogP) is 9.73. The number of nitrogens with zero attached hydrogens (tertiary/aromatic N) is 3. The Morgan fingerprint density at radius 1 is 0.712 bits per heavy atom. The summed E-state index contributed by atoms with van der Waals surface area (Å²) in [5.74, 6) is 0.141. The lowest BCUT2D eigenvalue weighted by molar-refractivity contribution is -0.137. The van der Waals surface area contributed by atoms with Crippen molar-refractivity contribution in [2.45, 2.75) is 44.3 Å². The van der Waals surface area contributed by atoms with E-state index < -0.39 is 5.97 Å². The summed E-state index contributed by atoms with van der Waals surface area (Å²) >= 11 is 0. The monoisotopic (exact) mass is 691 g/mol. The lowest BCUT2D eigenvalue weighted by atomic mass is 9.90. The van der Waals surface area contributed by atoms with Gasteiger partial charge in [-0.2, -0.15) is 5.10 Å². The highest BCUT2D eigenvalue weighted by atomic mass is 16.6. The molecule has 5 aromatic rings. The topological polar surface area (TPSA) is 66.9 Å². The first-order valence-electron chi connectivity index (χ1n) is 18.2. The highest BCUT2D eigenvalue weighted by molar-refractivity contribution is 5.84. The van der Waals surface area contributed by atoms with E-state index in [1.165, 1.54) is 30.9 Å². The van der Waals surface area contributed by atoms with Crippen LogP contribution in [-0.4, -0.2) is 44.2 Å². The number of rotatable bonds is 16. The van der Waals surface area contributed by atoms with Crippen LogP contribution < -0.4 is 9.91 Å². The molecule has 7 nitrogen and oxygen atoms in total. The number of fused-ring (bicyclic) bond motifs is 1. The van der Waals surface area contributed by atoms with Crippen molar-refractivity contribution in [1.29, 1.82) is 0 Å². The molecule has 1 aliphatic heterocycles. The minimum Gasteiger partial charge on any atom is -0.462 e. The average Bonchev–Trinajstić information content (AvgIpc) is 4.00. The van der Waals surface area contributed by atoms with Crippen LogP contribution in [0.2, 0.25) is 0 Å². The molecule has 2 unspecified atom stereocenters. The van der Waals surface area contributed by atoms with Gasteiger partial charge in [0.05, 0.1) is 49.6 Å². The van der Waals surface area contributed by atoms with Crippen LogP contribution in [0.25, 0.3) is 0 Å². The van der Waals surface area contributed by atoms with Crippen LogP contribution in [0.4, 0.5) is 28.4 Å². The van der Waals surface area contributed by atoms with E-state index in [0.717, 1.165) is 52.6 Å². The predicted molar refractivity (Wildman–Crippen MR) is 209 cm³/mol. The zero-order valence-corrected chi connectivity index (χ0v) is 29.4. The number of ether oxygens (including phenoxy) is 3. The second kappa shape index (κ2) is 17.1. The molecule has 1 saturated carbocycles. The number of carbonyl (C=O) groups excluding carboxylic acids is 1. The molecule has 2 fully saturated rings. The number of esters is 1. The van der Waals surface area contributed by atoms with E-state index in [0.29, 0.717) is 37.8 Å². The van der Waals surface area contributed by atoms with Crippen molar-refractivity contribution < 1.29 is 19.0 Å². The van der Waals surface area contributed by atoms with Crippen LogP contribution in [0.5, 0.6) is 0 Å². The van der Waals surface area contributed by atoms with Gasteiger partial charge in [0.25, 0.3) is 0 Å². The first kappa shape index (κ1) is 34.9. The molecular formula is C45H45N3O4. The molecule has 5 aromatic carbocycles. The van der Waals surface area contributed by atoms with E-state index in [1.807, 2.05) is 47.6 Å². The van der Waals surface area contributed by atoms with Crippen LogP contribution in [0.15, 0.2) is 151 Å². The highest BCUT2D eigenvalue weighted by Crippen LogP contribution is 2.41. The zero-order valence-electron chi connectivity index (χ0n) is 29.4. The Morgan fingerprint density at radius 3 is 1.85 bits per heavy atom. The molecule has 1 saturated heterocycles. The molecular weight excluding hydrogens is 647 g/mol. The molecule has 0 amide bonds. The fraction of sp³-hybridized carbons (Fsp3) is 0.244. The van der Waals surface area contributed by atoms with Crippen LogP contribution in [0.3, 0.4) is 0 Å². The summed E-state index contributed by atoms with van der Waals surface area (Å²) < 4.78 is 17.1. The molecule has 0 N–H and O–H groups in total. The van der Waals surface area contributed by atoms with Crippen molar-refractivity contribution in [1.82, 2.24) is 0 Å².